The fourth-order valence-corrected chi connectivity index (χ4v) is 4.33. The van der Waals surface area contributed by atoms with Gasteiger partial charge in [0.1, 0.15) is 0 Å². The van der Waals surface area contributed by atoms with Crippen LogP contribution in [-0.4, -0.2) is 36.1 Å². The first-order chi connectivity index (χ1) is 13.0. The molecular weight excluding hydrogens is 336 g/mol. The van der Waals surface area contributed by atoms with Crippen molar-refractivity contribution in [2.24, 2.45) is 5.92 Å². The molecule has 0 bridgehead atoms. The minimum atomic E-state index is -0.193. The van der Waals surface area contributed by atoms with Crippen LogP contribution in [0.4, 0.5) is 0 Å². The Bertz CT molecular complexity index is 779. The van der Waals surface area contributed by atoms with Crippen LogP contribution in [0.5, 0.6) is 0 Å². The first-order valence-corrected chi connectivity index (χ1v) is 10.2. The van der Waals surface area contributed by atoms with Crippen molar-refractivity contribution >= 4 is 5.91 Å². The minimum absolute atomic E-state index is 0.0620. The van der Waals surface area contributed by atoms with Crippen LogP contribution in [0.25, 0.3) is 0 Å². The van der Waals surface area contributed by atoms with Crippen molar-refractivity contribution in [1.29, 1.82) is 0 Å². The Labute approximate surface area is 162 Å². The van der Waals surface area contributed by atoms with Gasteiger partial charge in [-0.3, -0.25) is 4.79 Å². The minimum Gasteiger partial charge on any atom is -0.376 e. The van der Waals surface area contributed by atoms with E-state index in [4.69, 9.17) is 4.74 Å². The lowest BCUT2D eigenvalue weighted by Gasteiger charge is -2.34. The number of benzene rings is 1. The molecule has 3 aliphatic rings. The van der Waals surface area contributed by atoms with Crippen LogP contribution < -0.4 is 5.32 Å². The molecule has 1 amide bonds. The maximum absolute atomic E-state index is 12.6. The molecule has 1 aromatic rings. The number of hydrogen-bond acceptors (Lipinski definition) is 3. The summed E-state index contributed by atoms with van der Waals surface area (Å²) < 4.78 is 5.73. The topological polar surface area (TPSA) is 41.6 Å². The highest BCUT2D eigenvalue weighted by Crippen LogP contribution is 2.29. The summed E-state index contributed by atoms with van der Waals surface area (Å²) in [4.78, 5) is 15.0. The Morgan fingerprint density at radius 2 is 2.04 bits per heavy atom. The Balaban J connectivity index is 1.34. The zero-order chi connectivity index (χ0) is 18.9. The van der Waals surface area contributed by atoms with Gasteiger partial charge in [-0.15, -0.1) is 0 Å². The summed E-state index contributed by atoms with van der Waals surface area (Å²) >= 11 is 0. The molecule has 0 spiro atoms. The van der Waals surface area contributed by atoms with Gasteiger partial charge in [0, 0.05) is 37.9 Å². The molecule has 27 heavy (non-hydrogen) atoms. The SMILES string of the molecule is CC1(C)CC(C(=O)NCc2ccc3c(c2)CCN(C2=CC=C2)CC3)CCO1. The lowest BCUT2D eigenvalue weighted by atomic mass is 9.88. The van der Waals surface area contributed by atoms with Gasteiger partial charge in [-0.2, -0.15) is 0 Å². The van der Waals surface area contributed by atoms with E-state index in [0.29, 0.717) is 13.2 Å². The zero-order valence-corrected chi connectivity index (χ0v) is 16.5. The maximum atomic E-state index is 12.6. The van der Waals surface area contributed by atoms with Gasteiger partial charge in [-0.1, -0.05) is 24.3 Å². The number of carbonyl (C=O) groups is 1. The first-order valence-electron chi connectivity index (χ1n) is 10.2. The molecule has 1 atom stereocenters. The van der Waals surface area contributed by atoms with E-state index in [1.54, 1.807) is 0 Å². The van der Waals surface area contributed by atoms with Crippen molar-refractivity contribution in [1.82, 2.24) is 10.2 Å². The molecule has 1 fully saturated rings. The van der Waals surface area contributed by atoms with Crippen LogP contribution in [0.15, 0.2) is 42.1 Å². The molecule has 4 rings (SSSR count). The number of nitrogens with zero attached hydrogens (tertiary/aromatic N) is 1. The van der Waals surface area contributed by atoms with Gasteiger partial charge in [-0.25, -0.2) is 0 Å². The molecule has 1 aliphatic carbocycles. The monoisotopic (exact) mass is 366 g/mol. The van der Waals surface area contributed by atoms with Crippen LogP contribution >= 0.6 is 0 Å². The lowest BCUT2D eigenvalue weighted by Crippen LogP contribution is -2.41. The lowest BCUT2D eigenvalue weighted by molar-refractivity contribution is -0.135. The van der Waals surface area contributed by atoms with E-state index in [2.05, 4.69) is 60.5 Å². The van der Waals surface area contributed by atoms with E-state index in [0.717, 1.165) is 38.8 Å². The standard InChI is InChI=1S/C23H30N2O2/c1-23(2)15-20(10-13-27-23)22(26)24-16-17-6-7-18-8-11-25(21-4-3-5-21)12-9-19(18)14-17/h3-7,14,20H,8-13,15-16H2,1-2H3,(H,24,26). The number of nitrogens with one attached hydrogen (secondary N) is 1. The largest absolute Gasteiger partial charge is 0.376 e. The molecule has 0 radical (unpaired) electrons. The van der Waals surface area contributed by atoms with Crippen LogP contribution in [0.1, 0.15) is 43.4 Å². The van der Waals surface area contributed by atoms with Crippen molar-refractivity contribution in [2.45, 2.75) is 51.7 Å². The second kappa shape index (κ2) is 7.51. The quantitative estimate of drug-likeness (QED) is 0.888. The highest BCUT2D eigenvalue weighted by atomic mass is 16.5. The van der Waals surface area contributed by atoms with Gasteiger partial charge in [0.15, 0.2) is 0 Å². The second-order valence-corrected chi connectivity index (χ2v) is 8.56. The average molecular weight is 367 g/mol. The smallest absolute Gasteiger partial charge is 0.223 e. The summed E-state index contributed by atoms with van der Waals surface area (Å²) in [5.41, 5.74) is 5.24. The Hall–Kier alpha value is -2.07. The average Bonchev–Trinajstić information content (AvgIpc) is 2.80. The zero-order valence-electron chi connectivity index (χ0n) is 16.5. The molecule has 4 nitrogen and oxygen atoms in total. The molecule has 2 heterocycles. The van der Waals surface area contributed by atoms with Crippen LogP contribution in [0.2, 0.25) is 0 Å². The summed E-state index contributed by atoms with van der Waals surface area (Å²) in [7, 11) is 0. The molecule has 0 aromatic heterocycles. The van der Waals surface area contributed by atoms with Gasteiger partial charge in [0.2, 0.25) is 5.91 Å². The number of rotatable bonds is 4. The Kier molecular flexibility index (Phi) is 5.09. The van der Waals surface area contributed by atoms with Crippen LogP contribution in [-0.2, 0) is 28.9 Å². The maximum Gasteiger partial charge on any atom is 0.223 e. The van der Waals surface area contributed by atoms with Gasteiger partial charge < -0.3 is 15.0 Å². The van der Waals surface area contributed by atoms with Crippen LogP contribution in [0.3, 0.4) is 0 Å². The van der Waals surface area contributed by atoms with E-state index in [-0.39, 0.29) is 17.4 Å². The first kappa shape index (κ1) is 18.3. The molecular formula is C23H30N2O2. The molecule has 1 aromatic carbocycles. The number of ether oxygens (including phenoxy) is 1. The number of allylic oxidation sites excluding steroid dienone is 3. The van der Waals surface area contributed by atoms with Crippen molar-refractivity contribution in [3.05, 3.63) is 58.8 Å². The molecule has 0 saturated carbocycles. The van der Waals surface area contributed by atoms with Gasteiger partial charge in [0.25, 0.3) is 0 Å². The highest BCUT2D eigenvalue weighted by Gasteiger charge is 2.32. The summed E-state index contributed by atoms with van der Waals surface area (Å²) in [6.45, 7) is 7.57. The van der Waals surface area contributed by atoms with E-state index in [1.165, 1.54) is 22.4 Å². The fraction of sp³-hybridized carbons (Fsp3) is 0.522. The van der Waals surface area contributed by atoms with Crippen LogP contribution in [0, 0.1) is 5.92 Å². The number of hydrogen-bond donors (Lipinski definition) is 1. The Morgan fingerprint density at radius 3 is 2.74 bits per heavy atom. The van der Waals surface area contributed by atoms with Gasteiger partial charge in [0.05, 0.1) is 5.60 Å². The van der Waals surface area contributed by atoms with Crippen molar-refractivity contribution < 1.29 is 9.53 Å². The van der Waals surface area contributed by atoms with E-state index in [1.807, 2.05) is 0 Å². The molecule has 1 N–H and O–H groups in total. The van der Waals surface area contributed by atoms with E-state index in [9.17, 15) is 4.79 Å². The van der Waals surface area contributed by atoms with Gasteiger partial charge >= 0.3 is 0 Å². The Morgan fingerprint density at radius 1 is 1.26 bits per heavy atom. The summed E-state index contributed by atoms with van der Waals surface area (Å²) in [6.07, 6.45) is 10.3. The van der Waals surface area contributed by atoms with Gasteiger partial charge in [-0.05, 0) is 68.4 Å². The fourth-order valence-electron chi connectivity index (χ4n) is 4.33. The number of amides is 1. The normalized spacial score (nSPS) is 23.7. The molecule has 1 unspecified atom stereocenters. The van der Waals surface area contributed by atoms with Crippen molar-refractivity contribution in [3.8, 4) is 0 Å². The predicted molar refractivity (Wildman–Crippen MR) is 107 cm³/mol. The van der Waals surface area contributed by atoms with Crippen molar-refractivity contribution in [2.75, 3.05) is 19.7 Å². The predicted octanol–water partition coefficient (Wildman–Crippen LogP) is 3.36. The summed E-state index contributed by atoms with van der Waals surface area (Å²) in [5.74, 6) is 0.225. The molecule has 2 aliphatic heterocycles. The third-order valence-electron chi connectivity index (χ3n) is 6.01. The highest BCUT2D eigenvalue weighted by molar-refractivity contribution is 5.78. The van der Waals surface area contributed by atoms with Crippen molar-refractivity contribution in [3.63, 3.8) is 0 Å². The number of fused-ring (bicyclic) bond motifs is 1. The van der Waals surface area contributed by atoms with E-state index < -0.39 is 0 Å². The molecule has 1 saturated heterocycles. The molecule has 144 valence electrons. The third kappa shape index (κ3) is 4.27. The summed E-state index contributed by atoms with van der Waals surface area (Å²) in [6, 6.07) is 6.71. The molecule has 4 heteroatoms. The third-order valence-corrected chi connectivity index (χ3v) is 6.01. The second-order valence-electron chi connectivity index (χ2n) is 8.56. The number of carbonyl (C=O) groups excluding carboxylic acids is 1. The summed E-state index contributed by atoms with van der Waals surface area (Å²) in [5, 5.41) is 3.15. The van der Waals surface area contributed by atoms with E-state index >= 15 is 0 Å².